The number of hydrogen-bond donors (Lipinski definition) is 3. The minimum atomic E-state index is -0.289. The van der Waals surface area contributed by atoms with Crippen LogP contribution < -0.4 is 10.6 Å². The van der Waals surface area contributed by atoms with Crippen LogP contribution in [-0.2, 0) is 6.42 Å². The molecular weight excluding hydrogens is 216 g/mol. The van der Waals surface area contributed by atoms with E-state index in [1.165, 1.54) is 0 Å². The number of anilines is 2. The Bertz CT molecular complexity index is 341. The van der Waals surface area contributed by atoms with Crippen molar-refractivity contribution < 1.29 is 5.11 Å². The molecule has 3 N–H and O–H groups in total. The summed E-state index contributed by atoms with van der Waals surface area (Å²) in [6.07, 6.45) is 3.96. The number of aliphatic hydroxyl groups excluding tert-OH is 1. The summed E-state index contributed by atoms with van der Waals surface area (Å²) in [5, 5.41) is 15.6. The number of nitrogens with one attached hydrogen (secondary N) is 2. The van der Waals surface area contributed by atoms with E-state index < -0.39 is 0 Å². The lowest BCUT2D eigenvalue weighted by molar-refractivity contribution is 0.188. The van der Waals surface area contributed by atoms with Crippen molar-refractivity contribution in [2.45, 2.75) is 39.2 Å². The van der Waals surface area contributed by atoms with Crippen LogP contribution in [0.1, 0.15) is 32.3 Å². The van der Waals surface area contributed by atoms with E-state index in [-0.39, 0.29) is 6.10 Å². The SMILES string of the molecule is CCCc1c(NC)ncnc1NCCC(C)O. The van der Waals surface area contributed by atoms with Gasteiger partial charge in [0.25, 0.3) is 0 Å². The van der Waals surface area contributed by atoms with Crippen LogP contribution in [0.2, 0.25) is 0 Å². The zero-order valence-corrected chi connectivity index (χ0v) is 10.8. The molecule has 1 aromatic rings. The third-order valence-corrected chi connectivity index (χ3v) is 2.54. The topological polar surface area (TPSA) is 70.1 Å². The van der Waals surface area contributed by atoms with Crippen molar-refractivity contribution in [3.8, 4) is 0 Å². The molecule has 17 heavy (non-hydrogen) atoms. The Balaban J connectivity index is 2.75. The summed E-state index contributed by atoms with van der Waals surface area (Å²) >= 11 is 0. The van der Waals surface area contributed by atoms with Gasteiger partial charge in [-0.2, -0.15) is 0 Å². The lowest BCUT2D eigenvalue weighted by Gasteiger charge is -2.14. The minimum Gasteiger partial charge on any atom is -0.393 e. The van der Waals surface area contributed by atoms with Gasteiger partial charge in [0.15, 0.2) is 0 Å². The van der Waals surface area contributed by atoms with Crippen LogP contribution in [0.3, 0.4) is 0 Å². The largest absolute Gasteiger partial charge is 0.393 e. The van der Waals surface area contributed by atoms with Crippen LogP contribution in [0.25, 0.3) is 0 Å². The zero-order chi connectivity index (χ0) is 12.7. The van der Waals surface area contributed by atoms with Crippen molar-refractivity contribution in [1.82, 2.24) is 9.97 Å². The first-order valence-corrected chi connectivity index (χ1v) is 6.12. The maximum atomic E-state index is 9.22. The highest BCUT2D eigenvalue weighted by molar-refractivity contribution is 5.57. The van der Waals surface area contributed by atoms with Crippen molar-refractivity contribution in [2.24, 2.45) is 0 Å². The molecular formula is C12H22N4O. The number of aromatic nitrogens is 2. The first kappa shape index (κ1) is 13.7. The van der Waals surface area contributed by atoms with Gasteiger partial charge in [-0.3, -0.25) is 0 Å². The number of aliphatic hydroxyl groups is 1. The number of nitrogens with zero attached hydrogens (tertiary/aromatic N) is 2. The van der Waals surface area contributed by atoms with Crippen molar-refractivity contribution in [2.75, 3.05) is 24.2 Å². The van der Waals surface area contributed by atoms with Gasteiger partial charge in [0.2, 0.25) is 0 Å². The maximum Gasteiger partial charge on any atom is 0.134 e. The van der Waals surface area contributed by atoms with Gasteiger partial charge in [-0.05, 0) is 19.8 Å². The first-order valence-electron chi connectivity index (χ1n) is 6.12. The van der Waals surface area contributed by atoms with Crippen molar-refractivity contribution >= 4 is 11.6 Å². The normalized spacial score (nSPS) is 12.2. The summed E-state index contributed by atoms with van der Waals surface area (Å²) in [4.78, 5) is 8.47. The van der Waals surface area contributed by atoms with Crippen LogP contribution in [0.5, 0.6) is 0 Å². The second-order valence-electron chi connectivity index (χ2n) is 4.11. The highest BCUT2D eigenvalue weighted by Gasteiger charge is 2.09. The molecule has 5 heteroatoms. The van der Waals surface area contributed by atoms with Gasteiger partial charge in [-0.15, -0.1) is 0 Å². The minimum absolute atomic E-state index is 0.289. The van der Waals surface area contributed by atoms with Gasteiger partial charge in [0.05, 0.1) is 6.10 Å². The maximum absolute atomic E-state index is 9.22. The molecule has 1 heterocycles. The average Bonchev–Trinajstić information content (AvgIpc) is 2.30. The number of rotatable bonds is 7. The molecule has 0 aliphatic carbocycles. The highest BCUT2D eigenvalue weighted by Crippen LogP contribution is 2.21. The summed E-state index contributed by atoms with van der Waals surface area (Å²) in [6, 6.07) is 0. The van der Waals surface area contributed by atoms with E-state index in [1.54, 1.807) is 13.3 Å². The number of hydrogen-bond acceptors (Lipinski definition) is 5. The molecule has 0 spiro atoms. The van der Waals surface area contributed by atoms with Gasteiger partial charge in [-0.25, -0.2) is 9.97 Å². The molecule has 0 aliphatic heterocycles. The van der Waals surface area contributed by atoms with Crippen LogP contribution in [-0.4, -0.2) is 34.8 Å². The molecule has 0 amide bonds. The molecule has 0 saturated heterocycles. The van der Waals surface area contributed by atoms with E-state index >= 15 is 0 Å². The second kappa shape index (κ2) is 7.06. The predicted octanol–water partition coefficient (Wildman–Crippen LogP) is 1.65. The quantitative estimate of drug-likeness (QED) is 0.674. The summed E-state index contributed by atoms with van der Waals surface area (Å²) in [5.74, 6) is 1.74. The second-order valence-corrected chi connectivity index (χ2v) is 4.11. The van der Waals surface area contributed by atoms with Gasteiger partial charge in [0, 0.05) is 19.2 Å². The monoisotopic (exact) mass is 238 g/mol. The molecule has 1 unspecified atom stereocenters. The molecule has 0 saturated carbocycles. The summed E-state index contributed by atoms with van der Waals surface area (Å²) in [7, 11) is 1.86. The highest BCUT2D eigenvalue weighted by atomic mass is 16.3. The Morgan fingerprint density at radius 1 is 1.35 bits per heavy atom. The Hall–Kier alpha value is -1.36. The fraction of sp³-hybridized carbons (Fsp3) is 0.667. The van der Waals surface area contributed by atoms with Crippen molar-refractivity contribution in [1.29, 1.82) is 0 Å². The van der Waals surface area contributed by atoms with E-state index in [4.69, 9.17) is 0 Å². The molecule has 0 aromatic carbocycles. The Kier molecular flexibility index (Phi) is 5.69. The Morgan fingerprint density at radius 3 is 2.65 bits per heavy atom. The van der Waals surface area contributed by atoms with Gasteiger partial charge >= 0.3 is 0 Å². The van der Waals surface area contributed by atoms with Crippen molar-refractivity contribution in [3.63, 3.8) is 0 Å². The smallest absolute Gasteiger partial charge is 0.134 e. The zero-order valence-electron chi connectivity index (χ0n) is 10.8. The van der Waals surface area contributed by atoms with Crippen LogP contribution >= 0.6 is 0 Å². The summed E-state index contributed by atoms with van der Waals surface area (Å²) in [6.45, 7) is 4.63. The standard InChI is InChI=1S/C12H22N4O/c1-4-5-10-11(13-3)15-8-16-12(10)14-7-6-9(2)17/h8-9,17H,4-7H2,1-3H3,(H2,13,14,15,16). The molecule has 5 nitrogen and oxygen atoms in total. The molecule has 0 aliphatic rings. The first-order chi connectivity index (χ1) is 8.19. The van der Waals surface area contributed by atoms with Gasteiger partial charge in [0.1, 0.15) is 18.0 Å². The van der Waals surface area contributed by atoms with E-state index in [9.17, 15) is 5.11 Å². The van der Waals surface area contributed by atoms with E-state index in [0.29, 0.717) is 13.0 Å². The van der Waals surface area contributed by atoms with E-state index in [0.717, 1.165) is 30.0 Å². The summed E-state index contributed by atoms with van der Waals surface area (Å²) < 4.78 is 0. The summed E-state index contributed by atoms with van der Waals surface area (Å²) in [5.41, 5.74) is 1.11. The van der Waals surface area contributed by atoms with E-state index in [2.05, 4.69) is 27.5 Å². The lowest BCUT2D eigenvalue weighted by Crippen LogP contribution is -2.13. The molecule has 0 radical (unpaired) electrons. The Morgan fingerprint density at radius 2 is 2.06 bits per heavy atom. The molecule has 1 atom stereocenters. The molecule has 96 valence electrons. The van der Waals surface area contributed by atoms with Crippen LogP contribution in [0.15, 0.2) is 6.33 Å². The molecule has 1 aromatic heterocycles. The van der Waals surface area contributed by atoms with Gasteiger partial charge < -0.3 is 15.7 Å². The fourth-order valence-electron chi connectivity index (χ4n) is 1.67. The lowest BCUT2D eigenvalue weighted by atomic mass is 10.1. The van der Waals surface area contributed by atoms with Crippen molar-refractivity contribution in [3.05, 3.63) is 11.9 Å². The van der Waals surface area contributed by atoms with Crippen LogP contribution in [0, 0.1) is 0 Å². The third kappa shape index (κ3) is 4.19. The van der Waals surface area contributed by atoms with Gasteiger partial charge in [-0.1, -0.05) is 13.3 Å². The average molecular weight is 238 g/mol. The van der Waals surface area contributed by atoms with Crippen LogP contribution in [0.4, 0.5) is 11.6 Å². The van der Waals surface area contributed by atoms with E-state index in [1.807, 2.05) is 7.05 Å². The Labute approximate surface area is 103 Å². The third-order valence-electron chi connectivity index (χ3n) is 2.54. The molecule has 1 rings (SSSR count). The molecule has 0 fully saturated rings. The molecule has 0 bridgehead atoms. The predicted molar refractivity (Wildman–Crippen MR) is 70.4 cm³/mol. The fourth-order valence-corrected chi connectivity index (χ4v) is 1.67.